The van der Waals surface area contributed by atoms with E-state index in [1.165, 1.54) is 18.0 Å². The molecule has 1 amide bonds. The van der Waals surface area contributed by atoms with E-state index in [1.807, 2.05) is 30.3 Å². The van der Waals surface area contributed by atoms with Crippen LogP contribution < -0.4 is 10.1 Å². The fraction of sp³-hybridized carbons (Fsp3) is 0.136. The van der Waals surface area contributed by atoms with Crippen molar-refractivity contribution < 1.29 is 17.9 Å². The van der Waals surface area contributed by atoms with Crippen molar-refractivity contribution in [1.82, 2.24) is 0 Å². The Labute approximate surface area is 185 Å². The van der Waals surface area contributed by atoms with E-state index in [0.29, 0.717) is 21.8 Å². The largest absolute Gasteiger partial charge is 0.497 e. The van der Waals surface area contributed by atoms with E-state index >= 15 is 0 Å². The molecule has 0 unspecified atom stereocenters. The average molecular weight is 462 g/mol. The smallest absolute Gasteiger partial charge is 0.255 e. The van der Waals surface area contributed by atoms with Crippen molar-refractivity contribution in [1.29, 1.82) is 0 Å². The summed E-state index contributed by atoms with van der Waals surface area (Å²) in [5, 5.41) is 3.33. The third-order valence-electron chi connectivity index (χ3n) is 4.12. The monoisotopic (exact) mass is 461 g/mol. The number of carbonyl (C=O) groups excluding carboxylic acids is 1. The Kier molecular flexibility index (Phi) is 7.07. The lowest BCUT2D eigenvalue weighted by molar-refractivity contribution is 0.102. The highest BCUT2D eigenvalue weighted by molar-refractivity contribution is 7.99. The number of carbonyl (C=O) groups is 1. The van der Waals surface area contributed by atoms with Crippen LogP contribution in [0.3, 0.4) is 0 Å². The molecule has 0 radical (unpaired) electrons. The second-order valence-corrected chi connectivity index (χ2v) is 10.3. The van der Waals surface area contributed by atoms with E-state index in [4.69, 9.17) is 16.3 Å². The van der Waals surface area contributed by atoms with Crippen LogP contribution in [0.25, 0.3) is 0 Å². The standard InChI is InChI=1S/C22H20ClNO4S2/c1-28-18-8-10-19(11-9-18)29-21-12-7-17(13-20(21)23)24-22(25)16-5-3-15(4-6-16)14-30(2,26)27/h3-13H,14H2,1-2H3,(H,24,25). The molecule has 5 nitrogen and oxygen atoms in total. The lowest BCUT2D eigenvalue weighted by Gasteiger charge is -2.10. The van der Waals surface area contributed by atoms with Gasteiger partial charge in [0.1, 0.15) is 5.75 Å². The van der Waals surface area contributed by atoms with Gasteiger partial charge >= 0.3 is 0 Å². The lowest BCUT2D eigenvalue weighted by Crippen LogP contribution is -2.12. The van der Waals surface area contributed by atoms with Crippen molar-refractivity contribution >= 4 is 44.8 Å². The van der Waals surface area contributed by atoms with Crippen LogP contribution in [0.1, 0.15) is 15.9 Å². The summed E-state index contributed by atoms with van der Waals surface area (Å²) in [5.74, 6) is 0.429. The molecule has 0 aliphatic carbocycles. The summed E-state index contributed by atoms with van der Waals surface area (Å²) in [6, 6.07) is 19.5. The lowest BCUT2D eigenvalue weighted by atomic mass is 10.1. The second kappa shape index (κ2) is 9.55. The molecule has 0 atom stereocenters. The third-order valence-corrected chi connectivity index (χ3v) is 6.49. The number of sulfone groups is 1. The molecule has 8 heteroatoms. The van der Waals surface area contributed by atoms with Crippen molar-refractivity contribution in [3.05, 3.63) is 82.9 Å². The SMILES string of the molecule is COc1ccc(Sc2ccc(NC(=O)c3ccc(CS(C)(=O)=O)cc3)cc2Cl)cc1. The van der Waals surface area contributed by atoms with Gasteiger partial charge in [-0.25, -0.2) is 8.42 Å². The maximum Gasteiger partial charge on any atom is 0.255 e. The van der Waals surface area contributed by atoms with Crippen LogP contribution in [0.15, 0.2) is 76.5 Å². The minimum absolute atomic E-state index is 0.0577. The first-order valence-electron chi connectivity index (χ1n) is 8.93. The number of hydrogen-bond acceptors (Lipinski definition) is 5. The van der Waals surface area contributed by atoms with E-state index in [9.17, 15) is 13.2 Å². The molecular formula is C22H20ClNO4S2. The number of anilines is 1. The van der Waals surface area contributed by atoms with Crippen LogP contribution in [0, 0.1) is 0 Å². The molecule has 3 rings (SSSR count). The predicted molar refractivity (Wildman–Crippen MR) is 122 cm³/mol. The highest BCUT2D eigenvalue weighted by Crippen LogP contribution is 2.35. The number of nitrogens with one attached hydrogen (secondary N) is 1. The van der Waals surface area contributed by atoms with E-state index in [1.54, 1.807) is 43.5 Å². The van der Waals surface area contributed by atoms with Gasteiger partial charge in [-0.2, -0.15) is 0 Å². The summed E-state index contributed by atoms with van der Waals surface area (Å²) in [4.78, 5) is 14.4. The fourth-order valence-electron chi connectivity index (χ4n) is 2.69. The van der Waals surface area contributed by atoms with Crippen LogP contribution in [-0.2, 0) is 15.6 Å². The van der Waals surface area contributed by atoms with Crippen molar-refractivity contribution in [2.24, 2.45) is 0 Å². The van der Waals surface area contributed by atoms with Gasteiger partial charge in [0.2, 0.25) is 0 Å². The third kappa shape index (κ3) is 6.26. The van der Waals surface area contributed by atoms with Gasteiger partial charge in [0, 0.05) is 27.3 Å². The predicted octanol–water partition coefficient (Wildman–Crippen LogP) is 5.30. The van der Waals surface area contributed by atoms with Crippen LogP contribution in [0.5, 0.6) is 5.75 Å². The number of methoxy groups -OCH3 is 1. The highest BCUT2D eigenvalue weighted by atomic mass is 35.5. The molecule has 30 heavy (non-hydrogen) atoms. The molecule has 3 aromatic carbocycles. The normalized spacial score (nSPS) is 11.2. The summed E-state index contributed by atoms with van der Waals surface area (Å²) in [6.07, 6.45) is 1.17. The first kappa shape index (κ1) is 22.2. The number of hydrogen-bond donors (Lipinski definition) is 1. The molecule has 0 spiro atoms. The maximum atomic E-state index is 12.5. The molecule has 0 fully saturated rings. The van der Waals surface area contributed by atoms with Gasteiger partial charge in [0.05, 0.1) is 17.9 Å². The van der Waals surface area contributed by atoms with E-state index in [-0.39, 0.29) is 11.7 Å². The number of benzene rings is 3. The first-order chi connectivity index (χ1) is 14.2. The van der Waals surface area contributed by atoms with Crippen LogP contribution in [-0.4, -0.2) is 27.7 Å². The summed E-state index contributed by atoms with van der Waals surface area (Å²) in [7, 11) is -1.50. The topological polar surface area (TPSA) is 72.5 Å². The van der Waals surface area contributed by atoms with Gasteiger partial charge in [0.25, 0.3) is 5.91 Å². The van der Waals surface area contributed by atoms with Gasteiger partial charge in [-0.15, -0.1) is 0 Å². The molecule has 0 saturated heterocycles. The van der Waals surface area contributed by atoms with Crippen molar-refractivity contribution in [2.75, 3.05) is 18.7 Å². The Hall–Kier alpha value is -2.48. The Morgan fingerprint density at radius 3 is 2.27 bits per heavy atom. The van der Waals surface area contributed by atoms with Gasteiger partial charge in [-0.1, -0.05) is 35.5 Å². The average Bonchev–Trinajstić information content (AvgIpc) is 2.70. The summed E-state index contributed by atoms with van der Waals surface area (Å²) >= 11 is 7.91. The zero-order valence-electron chi connectivity index (χ0n) is 16.4. The van der Waals surface area contributed by atoms with E-state index < -0.39 is 9.84 Å². The Balaban J connectivity index is 1.66. The Morgan fingerprint density at radius 2 is 1.70 bits per heavy atom. The Bertz CT molecular complexity index is 1140. The first-order valence-corrected chi connectivity index (χ1v) is 12.2. The van der Waals surface area contributed by atoms with Gasteiger partial charge < -0.3 is 10.1 Å². The minimum Gasteiger partial charge on any atom is -0.497 e. The summed E-state index contributed by atoms with van der Waals surface area (Å²) in [5.41, 5.74) is 1.64. The zero-order chi connectivity index (χ0) is 21.7. The zero-order valence-corrected chi connectivity index (χ0v) is 18.8. The summed E-state index contributed by atoms with van der Waals surface area (Å²) in [6.45, 7) is 0. The molecule has 0 saturated carbocycles. The molecule has 3 aromatic rings. The molecule has 1 N–H and O–H groups in total. The molecule has 0 heterocycles. The number of amides is 1. The van der Waals surface area contributed by atoms with Crippen molar-refractivity contribution in [3.8, 4) is 5.75 Å². The minimum atomic E-state index is -3.12. The molecule has 0 aromatic heterocycles. The van der Waals surface area contributed by atoms with Crippen LogP contribution >= 0.6 is 23.4 Å². The Morgan fingerprint density at radius 1 is 1.03 bits per heavy atom. The molecular weight excluding hydrogens is 442 g/mol. The molecule has 156 valence electrons. The molecule has 0 bridgehead atoms. The maximum absolute atomic E-state index is 12.5. The van der Waals surface area contributed by atoms with E-state index in [0.717, 1.165) is 15.5 Å². The van der Waals surface area contributed by atoms with Gasteiger partial charge in [-0.05, 0) is 60.2 Å². The van der Waals surface area contributed by atoms with Crippen LogP contribution in [0.2, 0.25) is 5.02 Å². The second-order valence-electron chi connectivity index (χ2n) is 6.64. The number of rotatable bonds is 7. The number of ether oxygens (including phenoxy) is 1. The van der Waals surface area contributed by atoms with Crippen molar-refractivity contribution in [3.63, 3.8) is 0 Å². The van der Waals surface area contributed by atoms with Gasteiger partial charge in [0.15, 0.2) is 9.84 Å². The van der Waals surface area contributed by atoms with Crippen LogP contribution in [0.4, 0.5) is 5.69 Å². The van der Waals surface area contributed by atoms with E-state index in [2.05, 4.69) is 5.32 Å². The van der Waals surface area contributed by atoms with Crippen molar-refractivity contribution in [2.45, 2.75) is 15.5 Å². The number of halogens is 1. The molecule has 0 aliphatic heterocycles. The highest BCUT2D eigenvalue weighted by Gasteiger charge is 2.10. The quantitative estimate of drug-likeness (QED) is 0.517. The molecule has 0 aliphatic rings. The fourth-order valence-corrected chi connectivity index (χ4v) is 4.60. The van der Waals surface area contributed by atoms with Gasteiger partial charge in [-0.3, -0.25) is 4.79 Å². The summed E-state index contributed by atoms with van der Waals surface area (Å²) < 4.78 is 27.9.